The lowest BCUT2D eigenvalue weighted by atomic mass is 9.99. The molecule has 3 nitrogen and oxygen atoms in total. The van der Waals surface area contributed by atoms with Crippen molar-refractivity contribution in [2.24, 2.45) is 5.92 Å². The van der Waals surface area contributed by atoms with Crippen molar-refractivity contribution in [2.75, 3.05) is 39.8 Å². The second kappa shape index (κ2) is 9.35. The summed E-state index contributed by atoms with van der Waals surface area (Å²) in [6.07, 6.45) is -1.83. The molecule has 1 atom stereocenters. The standard InChI is InChI=1S/C16H23F3N2O.ClH/c1-21(12-13-3-2-8-20-11-13)9-10-22-15-6-4-14(5-7-15)16(17,18)19;/h4-7,13,20H,2-3,8-12H2,1H3;1H. The largest absolute Gasteiger partial charge is 0.492 e. The summed E-state index contributed by atoms with van der Waals surface area (Å²) in [6, 6.07) is 4.83. The zero-order chi connectivity index (χ0) is 16.0. The SMILES string of the molecule is CN(CCOc1ccc(C(F)(F)F)cc1)CC1CCCNC1.Cl. The van der Waals surface area contributed by atoms with Crippen LogP contribution in [-0.4, -0.2) is 44.7 Å². The molecule has 0 radical (unpaired) electrons. The Hall–Kier alpha value is -0.980. The molecule has 0 bridgehead atoms. The molecule has 1 N–H and O–H groups in total. The van der Waals surface area contributed by atoms with Gasteiger partial charge in [-0.2, -0.15) is 13.2 Å². The lowest BCUT2D eigenvalue weighted by Gasteiger charge is -2.27. The first-order valence-electron chi connectivity index (χ1n) is 7.64. The highest BCUT2D eigenvalue weighted by molar-refractivity contribution is 5.85. The zero-order valence-corrected chi connectivity index (χ0v) is 14.1. The molecule has 1 aromatic rings. The zero-order valence-electron chi connectivity index (χ0n) is 13.2. The van der Waals surface area contributed by atoms with E-state index in [-0.39, 0.29) is 12.4 Å². The molecule has 1 aromatic carbocycles. The van der Waals surface area contributed by atoms with Gasteiger partial charge in [-0.05, 0) is 63.2 Å². The van der Waals surface area contributed by atoms with Crippen LogP contribution in [0, 0.1) is 5.92 Å². The number of hydrogen-bond acceptors (Lipinski definition) is 3. The topological polar surface area (TPSA) is 24.5 Å². The maximum absolute atomic E-state index is 12.4. The maximum Gasteiger partial charge on any atom is 0.416 e. The van der Waals surface area contributed by atoms with Crippen molar-refractivity contribution in [1.82, 2.24) is 10.2 Å². The highest BCUT2D eigenvalue weighted by Crippen LogP contribution is 2.30. The molecule has 1 unspecified atom stereocenters. The van der Waals surface area contributed by atoms with Crippen LogP contribution in [0.2, 0.25) is 0 Å². The van der Waals surface area contributed by atoms with Crippen molar-refractivity contribution >= 4 is 12.4 Å². The Morgan fingerprint density at radius 1 is 1.26 bits per heavy atom. The third-order valence-electron chi connectivity index (χ3n) is 3.89. The summed E-state index contributed by atoms with van der Waals surface area (Å²) < 4.78 is 42.9. The van der Waals surface area contributed by atoms with Crippen LogP contribution in [-0.2, 0) is 6.18 Å². The highest BCUT2D eigenvalue weighted by atomic mass is 35.5. The number of benzene rings is 1. The summed E-state index contributed by atoms with van der Waals surface area (Å²) in [4.78, 5) is 2.21. The third-order valence-corrected chi connectivity index (χ3v) is 3.89. The Kier molecular flexibility index (Phi) is 8.16. The molecule has 0 aromatic heterocycles. The van der Waals surface area contributed by atoms with Crippen LogP contribution in [0.4, 0.5) is 13.2 Å². The van der Waals surface area contributed by atoms with Crippen LogP contribution in [0.25, 0.3) is 0 Å². The molecule has 1 saturated heterocycles. The van der Waals surface area contributed by atoms with Gasteiger partial charge in [0.25, 0.3) is 0 Å². The lowest BCUT2D eigenvalue weighted by molar-refractivity contribution is -0.137. The van der Waals surface area contributed by atoms with Crippen LogP contribution in [0.3, 0.4) is 0 Å². The fourth-order valence-electron chi connectivity index (χ4n) is 2.67. The summed E-state index contributed by atoms with van der Waals surface area (Å²) in [5.74, 6) is 1.14. The molecule has 23 heavy (non-hydrogen) atoms. The molecular formula is C16H24ClF3N2O. The first-order chi connectivity index (χ1) is 10.4. The molecule has 0 spiro atoms. The van der Waals surface area contributed by atoms with E-state index in [9.17, 15) is 13.2 Å². The predicted molar refractivity (Wildman–Crippen MR) is 87.3 cm³/mol. The van der Waals surface area contributed by atoms with Crippen LogP contribution in [0.1, 0.15) is 18.4 Å². The van der Waals surface area contributed by atoms with Crippen LogP contribution < -0.4 is 10.1 Å². The highest BCUT2D eigenvalue weighted by Gasteiger charge is 2.30. The Bertz CT molecular complexity index is 448. The number of nitrogens with one attached hydrogen (secondary N) is 1. The predicted octanol–water partition coefficient (Wildman–Crippen LogP) is 3.44. The fourth-order valence-corrected chi connectivity index (χ4v) is 2.67. The van der Waals surface area contributed by atoms with E-state index in [1.54, 1.807) is 0 Å². The van der Waals surface area contributed by atoms with Crippen molar-refractivity contribution in [3.63, 3.8) is 0 Å². The van der Waals surface area contributed by atoms with Crippen molar-refractivity contribution in [2.45, 2.75) is 19.0 Å². The summed E-state index contributed by atoms with van der Waals surface area (Å²) >= 11 is 0. The van der Waals surface area contributed by atoms with Crippen LogP contribution in [0.15, 0.2) is 24.3 Å². The maximum atomic E-state index is 12.4. The van der Waals surface area contributed by atoms with Gasteiger partial charge in [0.1, 0.15) is 12.4 Å². The van der Waals surface area contributed by atoms with Crippen molar-refractivity contribution in [3.05, 3.63) is 29.8 Å². The van der Waals surface area contributed by atoms with E-state index in [0.717, 1.165) is 38.3 Å². The molecule has 0 saturated carbocycles. The molecule has 1 aliphatic rings. The summed E-state index contributed by atoms with van der Waals surface area (Å²) in [5, 5.41) is 3.39. The number of halogens is 4. The second-order valence-corrected chi connectivity index (χ2v) is 5.85. The van der Waals surface area contributed by atoms with Gasteiger partial charge in [0.15, 0.2) is 0 Å². The number of alkyl halides is 3. The Balaban J connectivity index is 0.00000264. The van der Waals surface area contributed by atoms with E-state index in [1.807, 2.05) is 7.05 Å². The van der Waals surface area contributed by atoms with Gasteiger partial charge >= 0.3 is 6.18 Å². The number of ether oxygens (including phenoxy) is 1. The Morgan fingerprint density at radius 3 is 2.52 bits per heavy atom. The van der Waals surface area contributed by atoms with E-state index < -0.39 is 11.7 Å². The van der Waals surface area contributed by atoms with E-state index >= 15 is 0 Å². The average Bonchev–Trinajstić information content (AvgIpc) is 2.48. The fraction of sp³-hybridized carbons (Fsp3) is 0.625. The van der Waals surface area contributed by atoms with Gasteiger partial charge in [-0.15, -0.1) is 12.4 Å². The van der Waals surface area contributed by atoms with Gasteiger partial charge in [-0.3, -0.25) is 0 Å². The monoisotopic (exact) mass is 352 g/mol. The second-order valence-electron chi connectivity index (χ2n) is 5.85. The molecule has 0 amide bonds. The quantitative estimate of drug-likeness (QED) is 0.848. The number of piperidine rings is 1. The van der Waals surface area contributed by atoms with Gasteiger partial charge in [-0.25, -0.2) is 0 Å². The minimum absolute atomic E-state index is 0. The number of likely N-dealkylation sites (N-methyl/N-ethyl adjacent to an activating group) is 1. The minimum atomic E-state index is -4.30. The van der Waals surface area contributed by atoms with Crippen LogP contribution in [0.5, 0.6) is 5.75 Å². The normalized spacial score (nSPS) is 18.6. The van der Waals surface area contributed by atoms with Gasteiger partial charge in [-0.1, -0.05) is 0 Å². The van der Waals surface area contributed by atoms with Gasteiger partial charge in [0.05, 0.1) is 5.56 Å². The number of hydrogen-bond donors (Lipinski definition) is 1. The van der Waals surface area contributed by atoms with E-state index in [0.29, 0.717) is 18.3 Å². The van der Waals surface area contributed by atoms with Crippen molar-refractivity contribution < 1.29 is 17.9 Å². The van der Waals surface area contributed by atoms with Gasteiger partial charge in [0.2, 0.25) is 0 Å². The molecule has 1 fully saturated rings. The molecule has 1 aliphatic heterocycles. The molecule has 7 heteroatoms. The van der Waals surface area contributed by atoms with E-state index in [1.165, 1.54) is 25.0 Å². The molecule has 132 valence electrons. The smallest absolute Gasteiger partial charge is 0.416 e. The average molecular weight is 353 g/mol. The van der Waals surface area contributed by atoms with Gasteiger partial charge in [0, 0.05) is 13.1 Å². The summed E-state index contributed by atoms with van der Waals surface area (Å²) in [5.41, 5.74) is -0.651. The van der Waals surface area contributed by atoms with E-state index in [2.05, 4.69) is 10.2 Å². The first-order valence-corrected chi connectivity index (χ1v) is 7.64. The third kappa shape index (κ3) is 6.97. The number of rotatable bonds is 6. The minimum Gasteiger partial charge on any atom is -0.492 e. The van der Waals surface area contributed by atoms with E-state index in [4.69, 9.17) is 4.74 Å². The van der Waals surface area contributed by atoms with Gasteiger partial charge < -0.3 is 15.0 Å². The van der Waals surface area contributed by atoms with Crippen LogP contribution >= 0.6 is 12.4 Å². The summed E-state index contributed by atoms with van der Waals surface area (Å²) in [6.45, 7) is 4.42. The molecule has 2 rings (SSSR count). The Labute approximate surface area is 141 Å². The number of nitrogens with zero attached hydrogens (tertiary/aromatic N) is 1. The molecular weight excluding hydrogens is 329 g/mol. The van der Waals surface area contributed by atoms with Crippen molar-refractivity contribution in [3.8, 4) is 5.75 Å². The Morgan fingerprint density at radius 2 is 1.96 bits per heavy atom. The summed E-state index contributed by atoms with van der Waals surface area (Å²) in [7, 11) is 2.05. The molecule has 0 aliphatic carbocycles. The molecule has 1 heterocycles. The van der Waals surface area contributed by atoms with Crippen molar-refractivity contribution in [1.29, 1.82) is 0 Å². The lowest BCUT2D eigenvalue weighted by Crippen LogP contribution is -2.38. The first kappa shape index (κ1) is 20.1.